The molecule has 1 aromatic carbocycles. The summed E-state index contributed by atoms with van der Waals surface area (Å²) in [5.41, 5.74) is 0.841. The van der Waals surface area contributed by atoms with Crippen molar-refractivity contribution in [2.45, 2.75) is 31.8 Å². The average Bonchev–Trinajstić information content (AvgIpc) is 2.57. The molecule has 0 unspecified atom stereocenters. The molecule has 2 rings (SSSR count). The minimum atomic E-state index is -0.778. The number of nitrogens with one attached hydrogen (secondary N) is 1. The number of halogens is 2. The summed E-state index contributed by atoms with van der Waals surface area (Å²) < 4.78 is 25.6. The molecule has 1 heterocycles. The molecule has 0 radical (unpaired) electrons. The molecule has 1 nitrogen and oxygen atoms in total. The van der Waals surface area contributed by atoms with Gasteiger partial charge in [0.1, 0.15) is 0 Å². The normalized spacial score (nSPS) is 26.8. The number of hydrogen-bond donors (Lipinski definition) is 1. The molecule has 2 atom stereocenters. The maximum atomic E-state index is 12.9. The van der Waals surface area contributed by atoms with E-state index in [-0.39, 0.29) is 6.04 Å². The van der Waals surface area contributed by atoms with Crippen molar-refractivity contribution in [3.8, 4) is 0 Å². The van der Waals surface area contributed by atoms with Crippen LogP contribution in [-0.4, -0.2) is 6.04 Å². The van der Waals surface area contributed by atoms with E-state index in [0.717, 1.165) is 18.4 Å². The molecular weight excluding hydrogens is 184 g/mol. The second-order valence-corrected chi connectivity index (χ2v) is 3.87. The molecule has 1 saturated heterocycles. The maximum absolute atomic E-state index is 12.9. The van der Waals surface area contributed by atoms with E-state index in [9.17, 15) is 8.78 Å². The molecule has 0 aromatic heterocycles. The molecule has 0 aliphatic carbocycles. The summed E-state index contributed by atoms with van der Waals surface area (Å²) in [6.45, 7) is 2.10. The Morgan fingerprint density at radius 1 is 1.21 bits per heavy atom. The largest absolute Gasteiger partial charge is 0.307 e. The van der Waals surface area contributed by atoms with Crippen LogP contribution in [0.25, 0.3) is 0 Å². The van der Waals surface area contributed by atoms with E-state index in [1.807, 2.05) is 0 Å². The van der Waals surface area contributed by atoms with Crippen molar-refractivity contribution in [3.63, 3.8) is 0 Å². The second-order valence-electron chi connectivity index (χ2n) is 3.87. The zero-order valence-corrected chi connectivity index (χ0v) is 8.06. The van der Waals surface area contributed by atoms with Crippen LogP contribution in [-0.2, 0) is 0 Å². The topological polar surface area (TPSA) is 12.0 Å². The van der Waals surface area contributed by atoms with Crippen molar-refractivity contribution < 1.29 is 8.78 Å². The minimum Gasteiger partial charge on any atom is -0.307 e. The third-order valence-corrected chi connectivity index (χ3v) is 2.72. The summed E-state index contributed by atoms with van der Waals surface area (Å²) in [6, 6.07) is 4.77. The van der Waals surface area contributed by atoms with Crippen LogP contribution < -0.4 is 5.32 Å². The highest BCUT2D eigenvalue weighted by molar-refractivity contribution is 5.22. The van der Waals surface area contributed by atoms with Gasteiger partial charge < -0.3 is 5.32 Å². The highest BCUT2D eigenvalue weighted by Crippen LogP contribution is 2.26. The van der Waals surface area contributed by atoms with E-state index < -0.39 is 11.6 Å². The fourth-order valence-corrected chi connectivity index (χ4v) is 1.92. The second kappa shape index (κ2) is 3.65. The van der Waals surface area contributed by atoms with E-state index in [2.05, 4.69) is 12.2 Å². The van der Waals surface area contributed by atoms with Crippen molar-refractivity contribution in [1.29, 1.82) is 0 Å². The molecule has 0 spiro atoms. The Bertz CT molecular complexity index is 338. The first-order valence-corrected chi connectivity index (χ1v) is 4.88. The fourth-order valence-electron chi connectivity index (χ4n) is 1.92. The molecule has 1 aromatic rings. The molecule has 1 fully saturated rings. The predicted molar refractivity (Wildman–Crippen MR) is 50.9 cm³/mol. The van der Waals surface area contributed by atoms with Gasteiger partial charge in [-0.15, -0.1) is 0 Å². The van der Waals surface area contributed by atoms with Gasteiger partial charge in [-0.2, -0.15) is 0 Å². The first-order chi connectivity index (χ1) is 6.66. The maximum Gasteiger partial charge on any atom is 0.159 e. The molecule has 1 N–H and O–H groups in total. The Kier molecular flexibility index (Phi) is 2.50. The lowest BCUT2D eigenvalue weighted by Crippen LogP contribution is -2.20. The molecule has 14 heavy (non-hydrogen) atoms. The van der Waals surface area contributed by atoms with Crippen LogP contribution in [0.5, 0.6) is 0 Å². The zero-order chi connectivity index (χ0) is 10.1. The van der Waals surface area contributed by atoms with Gasteiger partial charge in [-0.05, 0) is 37.5 Å². The summed E-state index contributed by atoms with van der Waals surface area (Å²) in [4.78, 5) is 0. The van der Waals surface area contributed by atoms with Gasteiger partial charge in [-0.3, -0.25) is 0 Å². The Hall–Kier alpha value is -0.960. The first-order valence-electron chi connectivity index (χ1n) is 4.88. The van der Waals surface area contributed by atoms with Gasteiger partial charge in [-0.25, -0.2) is 8.78 Å². The summed E-state index contributed by atoms with van der Waals surface area (Å²) in [5.74, 6) is -1.54. The Labute approximate surface area is 82.1 Å². The number of benzene rings is 1. The predicted octanol–water partition coefficient (Wildman–Crippen LogP) is 2.78. The molecule has 3 heteroatoms. The van der Waals surface area contributed by atoms with Crippen LogP contribution in [0.4, 0.5) is 8.78 Å². The average molecular weight is 197 g/mol. The Balaban J connectivity index is 2.20. The van der Waals surface area contributed by atoms with Gasteiger partial charge in [0.05, 0.1) is 0 Å². The van der Waals surface area contributed by atoms with E-state index in [1.54, 1.807) is 6.07 Å². The standard InChI is InChI=1S/C11H13F2N/c1-7-2-5-11(14-7)8-3-4-9(12)10(13)6-8/h3-4,6-7,11,14H,2,5H2,1H3/t7-,11+/m0/s1. The molecular formula is C11H13F2N. The highest BCUT2D eigenvalue weighted by atomic mass is 19.2. The third kappa shape index (κ3) is 1.77. The van der Waals surface area contributed by atoms with E-state index in [0.29, 0.717) is 6.04 Å². The SMILES string of the molecule is C[C@H]1CC[C@H](c2ccc(F)c(F)c2)N1. The lowest BCUT2D eigenvalue weighted by Gasteiger charge is -2.12. The van der Waals surface area contributed by atoms with E-state index >= 15 is 0 Å². The lowest BCUT2D eigenvalue weighted by atomic mass is 10.1. The van der Waals surface area contributed by atoms with Crippen LogP contribution in [0.1, 0.15) is 31.4 Å². The van der Waals surface area contributed by atoms with Crippen molar-refractivity contribution in [2.24, 2.45) is 0 Å². The smallest absolute Gasteiger partial charge is 0.159 e. The monoisotopic (exact) mass is 197 g/mol. The van der Waals surface area contributed by atoms with Crippen molar-refractivity contribution in [1.82, 2.24) is 5.32 Å². The Morgan fingerprint density at radius 3 is 2.57 bits per heavy atom. The quantitative estimate of drug-likeness (QED) is 0.730. The molecule has 76 valence electrons. The summed E-state index contributed by atoms with van der Waals surface area (Å²) in [6.07, 6.45) is 2.08. The van der Waals surface area contributed by atoms with Crippen LogP contribution >= 0.6 is 0 Å². The van der Waals surface area contributed by atoms with Gasteiger partial charge in [0.25, 0.3) is 0 Å². The van der Waals surface area contributed by atoms with Gasteiger partial charge in [0.2, 0.25) is 0 Å². The lowest BCUT2D eigenvalue weighted by molar-refractivity contribution is 0.502. The van der Waals surface area contributed by atoms with Gasteiger partial charge in [0.15, 0.2) is 11.6 Å². The minimum absolute atomic E-state index is 0.181. The van der Waals surface area contributed by atoms with Crippen LogP contribution in [0.2, 0.25) is 0 Å². The van der Waals surface area contributed by atoms with Crippen molar-refractivity contribution >= 4 is 0 Å². The zero-order valence-electron chi connectivity index (χ0n) is 8.06. The molecule has 1 aliphatic rings. The number of hydrogen-bond acceptors (Lipinski definition) is 1. The van der Waals surface area contributed by atoms with Crippen LogP contribution in [0.15, 0.2) is 18.2 Å². The number of rotatable bonds is 1. The molecule has 0 saturated carbocycles. The molecule has 1 aliphatic heterocycles. The molecule has 0 bridgehead atoms. The summed E-state index contributed by atoms with van der Waals surface area (Å²) >= 11 is 0. The van der Waals surface area contributed by atoms with Crippen molar-refractivity contribution in [2.75, 3.05) is 0 Å². The summed E-state index contributed by atoms with van der Waals surface area (Å²) in [7, 11) is 0. The Morgan fingerprint density at radius 2 is 2.00 bits per heavy atom. The third-order valence-electron chi connectivity index (χ3n) is 2.72. The molecule has 0 amide bonds. The fraction of sp³-hybridized carbons (Fsp3) is 0.455. The van der Waals surface area contributed by atoms with Gasteiger partial charge in [0, 0.05) is 12.1 Å². The van der Waals surface area contributed by atoms with Crippen LogP contribution in [0, 0.1) is 11.6 Å². The van der Waals surface area contributed by atoms with Gasteiger partial charge >= 0.3 is 0 Å². The van der Waals surface area contributed by atoms with E-state index in [1.165, 1.54) is 12.1 Å². The van der Waals surface area contributed by atoms with E-state index in [4.69, 9.17) is 0 Å². The van der Waals surface area contributed by atoms with Crippen LogP contribution in [0.3, 0.4) is 0 Å². The first kappa shape index (κ1) is 9.59. The van der Waals surface area contributed by atoms with Crippen molar-refractivity contribution in [3.05, 3.63) is 35.4 Å². The van der Waals surface area contributed by atoms with Gasteiger partial charge in [-0.1, -0.05) is 6.07 Å². The summed E-state index contributed by atoms with van der Waals surface area (Å²) in [5, 5.41) is 3.33. The highest BCUT2D eigenvalue weighted by Gasteiger charge is 2.22.